The molecule has 3 heterocycles. The van der Waals surface area contributed by atoms with Crippen LogP contribution < -0.4 is 24.6 Å². The van der Waals surface area contributed by atoms with Gasteiger partial charge < -0.3 is 29.0 Å². The Bertz CT molecular complexity index is 1760. The molecule has 0 radical (unpaired) electrons. The lowest BCUT2D eigenvalue weighted by Crippen LogP contribution is -2.36. The number of carboxylic acid groups (broad SMARTS) is 1. The average molecular weight is 743 g/mol. The second kappa shape index (κ2) is 17.4. The second-order valence-corrected chi connectivity index (χ2v) is 14.2. The third-order valence-electron chi connectivity index (χ3n) is 9.12. The maximum atomic E-state index is 13.5. The van der Waals surface area contributed by atoms with Crippen molar-refractivity contribution in [2.75, 3.05) is 40.5 Å². The van der Waals surface area contributed by atoms with Crippen LogP contribution in [-0.4, -0.2) is 62.5 Å². The smallest absolute Gasteiger partial charge is 0.327 e. The number of pyridine rings is 1. The number of benzene rings is 2. The van der Waals surface area contributed by atoms with Gasteiger partial charge in [-0.1, -0.05) is 66.5 Å². The Labute approximate surface area is 306 Å². The zero-order chi connectivity index (χ0) is 35.8. The van der Waals surface area contributed by atoms with Crippen molar-refractivity contribution in [1.82, 2.24) is 10.2 Å². The molecule has 1 unspecified atom stereocenters. The Hall–Kier alpha value is -3.87. The van der Waals surface area contributed by atoms with E-state index in [1.54, 1.807) is 18.2 Å². The van der Waals surface area contributed by atoms with E-state index in [0.29, 0.717) is 45.6 Å². The standard InChI is InChI=1S/C37H41Cl2N3O7S/c1-4-41-14-12-23(13-15-41)22-49-37(45)34(24-8-6-5-7-9-24)40-19-26-17-28(35(50-26)36(43)44)27(18-29-30(38)20-42(46)21-31(29)39)25-10-11-32(47-2)33(16-25)48-3/h5-11,16-17,20-21,23,27,34,40H,4,12-15,18-19,22H2,1-3H3,(H-,43,44,46)/t27-,34?/m0/s1. The van der Waals surface area contributed by atoms with Gasteiger partial charge in [0.2, 0.25) is 12.4 Å². The number of carboxylic acids is 1. The Morgan fingerprint density at radius 3 is 2.32 bits per heavy atom. The van der Waals surface area contributed by atoms with Crippen LogP contribution in [0.4, 0.5) is 0 Å². The van der Waals surface area contributed by atoms with Crippen LogP contribution in [0.15, 0.2) is 67.0 Å². The first-order valence-electron chi connectivity index (χ1n) is 16.4. The van der Waals surface area contributed by atoms with Crippen molar-refractivity contribution in [3.8, 4) is 11.5 Å². The number of hydrogen-bond donors (Lipinski definition) is 2. The molecular weight excluding hydrogens is 701 g/mol. The molecule has 1 aliphatic heterocycles. The van der Waals surface area contributed by atoms with Gasteiger partial charge >= 0.3 is 5.97 Å². The molecule has 10 nitrogen and oxygen atoms in total. The number of esters is 1. The molecule has 0 spiro atoms. The average Bonchev–Trinajstić information content (AvgIpc) is 3.55. The summed E-state index contributed by atoms with van der Waals surface area (Å²) in [6.45, 7) is 5.70. The Morgan fingerprint density at radius 2 is 1.70 bits per heavy atom. The number of methoxy groups -OCH3 is 2. The topological polar surface area (TPSA) is 124 Å². The molecule has 50 heavy (non-hydrogen) atoms. The van der Waals surface area contributed by atoms with Gasteiger partial charge in [-0.2, -0.15) is 0 Å². The number of piperidine rings is 1. The van der Waals surface area contributed by atoms with Gasteiger partial charge in [0, 0.05) is 27.6 Å². The molecule has 2 aromatic carbocycles. The van der Waals surface area contributed by atoms with E-state index in [-0.39, 0.29) is 33.9 Å². The SMILES string of the molecule is CCN1CCC(COC(=O)C(NCc2cc([C@@H](Cc3c(Cl)c[n+](O)cc3Cl)c3ccc(OC)c(OC)c3)c(C(=O)[O-])s2)c2ccccc2)CC1. The van der Waals surface area contributed by atoms with Crippen molar-refractivity contribution in [2.45, 2.75) is 44.7 Å². The number of carbonyl (C=O) groups is 2. The lowest BCUT2D eigenvalue weighted by Gasteiger charge is -2.31. The minimum Gasteiger partial charge on any atom is -0.544 e. The minimum atomic E-state index is -1.34. The van der Waals surface area contributed by atoms with Crippen LogP contribution in [0.25, 0.3) is 0 Å². The van der Waals surface area contributed by atoms with Gasteiger partial charge in [-0.25, -0.2) is 4.79 Å². The number of hydrogen-bond acceptors (Lipinski definition) is 10. The van der Waals surface area contributed by atoms with Gasteiger partial charge in [-0.05, 0) is 79.7 Å². The van der Waals surface area contributed by atoms with Crippen LogP contribution in [0.1, 0.15) is 68.5 Å². The summed E-state index contributed by atoms with van der Waals surface area (Å²) in [5.41, 5.74) is 2.45. The minimum absolute atomic E-state index is 0.0271. The van der Waals surface area contributed by atoms with Crippen molar-refractivity contribution in [2.24, 2.45) is 5.92 Å². The van der Waals surface area contributed by atoms with E-state index in [9.17, 15) is 19.9 Å². The summed E-state index contributed by atoms with van der Waals surface area (Å²) in [6.07, 6.45) is 4.78. The van der Waals surface area contributed by atoms with Gasteiger partial charge in [0.15, 0.2) is 11.5 Å². The molecule has 4 aromatic rings. The number of aromatic carboxylic acids is 1. The van der Waals surface area contributed by atoms with E-state index >= 15 is 0 Å². The molecular formula is C37H41Cl2N3O7S. The third-order valence-corrected chi connectivity index (χ3v) is 10.9. The Kier molecular flexibility index (Phi) is 13.0. The number of aromatic nitrogens is 1. The van der Waals surface area contributed by atoms with Gasteiger partial charge in [-0.3, -0.25) is 10.5 Å². The molecule has 5 rings (SSSR count). The van der Waals surface area contributed by atoms with Crippen LogP contribution in [-0.2, 0) is 22.5 Å². The number of carbonyl (C=O) groups excluding carboxylic acids is 2. The van der Waals surface area contributed by atoms with Crippen molar-refractivity contribution >= 4 is 46.5 Å². The van der Waals surface area contributed by atoms with E-state index in [1.165, 1.54) is 26.6 Å². The Balaban J connectivity index is 1.44. The van der Waals surface area contributed by atoms with Crippen LogP contribution in [0.5, 0.6) is 11.5 Å². The fourth-order valence-corrected chi connectivity index (χ4v) is 7.93. The molecule has 2 aromatic heterocycles. The van der Waals surface area contributed by atoms with E-state index in [2.05, 4.69) is 17.1 Å². The van der Waals surface area contributed by atoms with Crippen molar-refractivity contribution in [3.63, 3.8) is 0 Å². The van der Waals surface area contributed by atoms with E-state index < -0.39 is 17.9 Å². The van der Waals surface area contributed by atoms with Crippen molar-refractivity contribution < 1.29 is 38.8 Å². The first-order chi connectivity index (χ1) is 24.1. The van der Waals surface area contributed by atoms with Gasteiger partial charge in [0.1, 0.15) is 16.1 Å². The lowest BCUT2D eigenvalue weighted by atomic mass is 9.85. The van der Waals surface area contributed by atoms with Gasteiger partial charge in [0.25, 0.3) is 0 Å². The second-order valence-electron chi connectivity index (χ2n) is 12.2. The van der Waals surface area contributed by atoms with E-state index in [4.69, 9.17) is 37.4 Å². The summed E-state index contributed by atoms with van der Waals surface area (Å²) in [5.74, 6) is -1.02. The molecule has 13 heteroatoms. The number of thiophene rings is 1. The first-order valence-corrected chi connectivity index (χ1v) is 18.0. The summed E-state index contributed by atoms with van der Waals surface area (Å²) < 4.78 is 17.6. The number of rotatable bonds is 15. The van der Waals surface area contributed by atoms with Crippen molar-refractivity contribution in [1.29, 1.82) is 0 Å². The number of halogens is 2. The molecule has 1 aliphatic rings. The maximum Gasteiger partial charge on any atom is 0.327 e. The third kappa shape index (κ3) is 9.07. The summed E-state index contributed by atoms with van der Waals surface area (Å²) in [5, 5.41) is 26.3. The van der Waals surface area contributed by atoms with Crippen LogP contribution >= 0.6 is 34.5 Å². The summed E-state index contributed by atoms with van der Waals surface area (Å²) in [7, 11) is 3.05. The predicted molar refractivity (Wildman–Crippen MR) is 189 cm³/mol. The molecule has 2 N–H and O–H groups in total. The summed E-state index contributed by atoms with van der Waals surface area (Å²) >= 11 is 14.1. The highest BCUT2D eigenvalue weighted by atomic mass is 35.5. The number of nitrogens with one attached hydrogen (secondary N) is 1. The lowest BCUT2D eigenvalue weighted by molar-refractivity contribution is -0.904. The maximum absolute atomic E-state index is 13.5. The number of nitrogens with zero attached hydrogens (tertiary/aromatic N) is 2. The van der Waals surface area contributed by atoms with E-state index in [1.807, 2.05) is 36.4 Å². The zero-order valence-electron chi connectivity index (χ0n) is 28.2. The fraction of sp³-hybridized carbons (Fsp3) is 0.378. The summed E-state index contributed by atoms with van der Waals surface area (Å²) in [6, 6.07) is 15.7. The monoisotopic (exact) mass is 741 g/mol. The zero-order valence-corrected chi connectivity index (χ0v) is 30.5. The Morgan fingerprint density at radius 1 is 1.02 bits per heavy atom. The highest BCUT2D eigenvalue weighted by Crippen LogP contribution is 2.41. The van der Waals surface area contributed by atoms with Crippen LogP contribution in [0.3, 0.4) is 0 Å². The van der Waals surface area contributed by atoms with Gasteiger partial charge in [-0.15, -0.1) is 11.3 Å². The highest BCUT2D eigenvalue weighted by molar-refractivity contribution is 7.14. The van der Waals surface area contributed by atoms with Gasteiger partial charge in [0.05, 0.1) is 31.7 Å². The quantitative estimate of drug-likeness (QED) is 0.0932. The number of ether oxygens (including phenoxy) is 3. The summed E-state index contributed by atoms with van der Waals surface area (Å²) in [4.78, 5) is 29.3. The van der Waals surface area contributed by atoms with Crippen LogP contribution in [0.2, 0.25) is 10.0 Å². The molecule has 266 valence electrons. The van der Waals surface area contributed by atoms with Crippen LogP contribution in [0, 0.1) is 5.92 Å². The van der Waals surface area contributed by atoms with E-state index in [0.717, 1.165) is 54.1 Å². The molecule has 2 atom stereocenters. The number of likely N-dealkylation sites (tertiary alicyclic amines) is 1. The molecule has 1 fully saturated rings. The van der Waals surface area contributed by atoms with Crippen molar-refractivity contribution in [3.05, 3.63) is 109 Å². The first kappa shape index (κ1) is 37.4. The molecule has 0 bridgehead atoms. The molecule has 1 saturated heterocycles. The molecule has 0 amide bonds. The molecule has 0 aliphatic carbocycles. The normalized spacial score (nSPS) is 15.0. The molecule has 0 saturated carbocycles. The fourth-order valence-electron chi connectivity index (χ4n) is 6.32. The highest BCUT2D eigenvalue weighted by Gasteiger charge is 2.28. The largest absolute Gasteiger partial charge is 0.544 e. The predicted octanol–water partition coefficient (Wildman–Crippen LogP) is 5.44.